The quantitative estimate of drug-likeness (QED) is 0.379. The minimum atomic E-state index is -0.0116. The lowest BCUT2D eigenvalue weighted by Crippen LogP contribution is -2.18. The number of aryl methyl sites for hydroxylation is 1. The molecule has 132 valence electrons. The number of ether oxygens (including phenoxy) is 2. The predicted molar refractivity (Wildman–Crippen MR) is 98.1 cm³/mol. The Balaban J connectivity index is 2.43. The molecule has 3 heteroatoms. The minimum Gasteiger partial charge on any atom is -0.496 e. The molecule has 0 unspecified atom stereocenters. The van der Waals surface area contributed by atoms with Crippen molar-refractivity contribution < 1.29 is 14.3 Å². The molecular weight excluding hydrogens is 300 g/mol. The normalized spacial score (nSPS) is 20.4. The molecule has 0 N–H and O–H groups in total. The summed E-state index contributed by atoms with van der Waals surface area (Å²) in [6.45, 7) is 4.34. The summed E-state index contributed by atoms with van der Waals surface area (Å²) in [6, 6.07) is 4.24. The maximum absolute atomic E-state index is 11.6. The third kappa shape index (κ3) is 4.19. The van der Waals surface area contributed by atoms with Gasteiger partial charge in [-0.3, -0.25) is 0 Å². The molecule has 2 rings (SSSR count). The van der Waals surface area contributed by atoms with Gasteiger partial charge in [-0.1, -0.05) is 31.4 Å². The molecule has 24 heavy (non-hydrogen) atoms. The lowest BCUT2D eigenvalue weighted by Gasteiger charge is -2.29. The van der Waals surface area contributed by atoms with Crippen molar-refractivity contribution in [3.05, 3.63) is 34.9 Å². The first-order valence-corrected chi connectivity index (χ1v) is 9.01. The number of benzene rings is 1. The van der Waals surface area contributed by atoms with Crippen LogP contribution in [0.3, 0.4) is 0 Å². The van der Waals surface area contributed by atoms with E-state index >= 15 is 0 Å². The second-order valence-corrected chi connectivity index (χ2v) is 6.75. The Morgan fingerprint density at radius 3 is 2.38 bits per heavy atom. The fourth-order valence-corrected chi connectivity index (χ4v) is 3.58. The molecule has 0 radical (unpaired) electrons. The number of hydrogen-bond donors (Lipinski definition) is 0. The van der Waals surface area contributed by atoms with Gasteiger partial charge in [0.25, 0.3) is 0 Å². The summed E-state index contributed by atoms with van der Waals surface area (Å²) in [5.41, 5.74) is 3.57. The third-order valence-corrected chi connectivity index (χ3v) is 4.98. The van der Waals surface area contributed by atoms with E-state index in [2.05, 4.69) is 32.1 Å². The molecule has 0 saturated heterocycles. The highest BCUT2D eigenvalue weighted by Gasteiger charge is 2.30. The van der Waals surface area contributed by atoms with Crippen LogP contribution in [0.2, 0.25) is 0 Å². The first kappa shape index (κ1) is 18.6. The van der Waals surface area contributed by atoms with Crippen LogP contribution in [-0.2, 0) is 11.2 Å². The van der Waals surface area contributed by atoms with E-state index < -0.39 is 0 Å². The summed E-state index contributed by atoms with van der Waals surface area (Å²) in [4.78, 5) is 11.6. The molecule has 3 nitrogen and oxygen atoms in total. The Labute approximate surface area is 146 Å². The number of rotatable bonds is 8. The zero-order valence-corrected chi connectivity index (χ0v) is 15.4. The van der Waals surface area contributed by atoms with Crippen molar-refractivity contribution in [3.63, 3.8) is 0 Å². The monoisotopic (exact) mass is 330 g/mol. The van der Waals surface area contributed by atoms with Crippen LogP contribution in [0.25, 0.3) is 0 Å². The summed E-state index contributed by atoms with van der Waals surface area (Å²) in [7, 11) is 3.40. The highest BCUT2D eigenvalue weighted by molar-refractivity contribution is 5.62. The Kier molecular flexibility index (Phi) is 6.89. The fraction of sp³-hybridized carbons (Fsp3) is 0.571. The van der Waals surface area contributed by atoms with Crippen LogP contribution in [0.4, 0.5) is 0 Å². The van der Waals surface area contributed by atoms with E-state index in [1.54, 1.807) is 14.2 Å². The molecule has 0 aliphatic heterocycles. The molecule has 0 fully saturated rings. The largest absolute Gasteiger partial charge is 0.496 e. The molecule has 0 bridgehead atoms. The zero-order valence-electron chi connectivity index (χ0n) is 15.4. The summed E-state index contributed by atoms with van der Waals surface area (Å²) in [5.74, 6) is 1.69. The van der Waals surface area contributed by atoms with E-state index in [1.807, 2.05) is 0 Å². The van der Waals surface area contributed by atoms with Gasteiger partial charge in [0.05, 0.1) is 14.2 Å². The first-order chi connectivity index (χ1) is 11.6. The van der Waals surface area contributed by atoms with Crippen LogP contribution in [0.5, 0.6) is 11.5 Å². The lowest BCUT2D eigenvalue weighted by molar-refractivity contribution is -0.111. The number of hydrogen-bond acceptors (Lipinski definition) is 3. The van der Waals surface area contributed by atoms with Crippen LogP contribution >= 0.6 is 0 Å². The van der Waals surface area contributed by atoms with Crippen molar-refractivity contribution in [2.45, 2.75) is 58.3 Å². The number of aldehydes is 1. The third-order valence-electron chi connectivity index (χ3n) is 4.98. The van der Waals surface area contributed by atoms with Crippen molar-refractivity contribution >= 4 is 6.29 Å². The standard InChI is InChI=1S/C21H30O3/c1-5-6-7-8-16-12-19(23-3)21(20(13-16)24-4)18-11-15(2)9-10-17(18)14-22/h11-14,17-18H,5-10H2,1-4H3/t17-,18-/m0/s1. The molecule has 0 heterocycles. The van der Waals surface area contributed by atoms with Gasteiger partial charge in [-0.2, -0.15) is 0 Å². The van der Waals surface area contributed by atoms with E-state index in [1.165, 1.54) is 30.4 Å². The summed E-state index contributed by atoms with van der Waals surface area (Å²) in [6.07, 6.45) is 9.80. The average Bonchev–Trinajstić information content (AvgIpc) is 2.61. The second-order valence-electron chi connectivity index (χ2n) is 6.75. The number of carbonyl (C=O) groups excluding carboxylic acids is 1. The summed E-state index contributed by atoms with van der Waals surface area (Å²) in [5, 5.41) is 0. The van der Waals surface area contributed by atoms with Gasteiger partial charge >= 0.3 is 0 Å². The van der Waals surface area contributed by atoms with Gasteiger partial charge in [-0.15, -0.1) is 0 Å². The van der Waals surface area contributed by atoms with Gasteiger partial charge in [0, 0.05) is 17.4 Å². The molecular formula is C21H30O3. The predicted octanol–water partition coefficient (Wildman–Crippen LogP) is 5.08. The topological polar surface area (TPSA) is 35.5 Å². The highest BCUT2D eigenvalue weighted by Crippen LogP contribution is 2.44. The number of allylic oxidation sites excluding steroid dienone is 2. The summed E-state index contributed by atoms with van der Waals surface area (Å²) >= 11 is 0. The van der Waals surface area contributed by atoms with Crippen molar-refractivity contribution in [2.24, 2.45) is 5.92 Å². The van der Waals surface area contributed by atoms with E-state index in [9.17, 15) is 4.79 Å². The van der Waals surface area contributed by atoms with Crippen LogP contribution in [0.15, 0.2) is 23.8 Å². The number of unbranched alkanes of at least 4 members (excludes halogenated alkanes) is 2. The Hall–Kier alpha value is -1.77. The van der Waals surface area contributed by atoms with E-state index in [0.717, 1.165) is 42.6 Å². The highest BCUT2D eigenvalue weighted by atomic mass is 16.5. The fourth-order valence-electron chi connectivity index (χ4n) is 3.58. The lowest BCUT2D eigenvalue weighted by atomic mass is 9.77. The maximum atomic E-state index is 11.6. The number of carbonyl (C=O) groups is 1. The number of methoxy groups -OCH3 is 2. The van der Waals surface area contributed by atoms with Gasteiger partial charge in [-0.25, -0.2) is 0 Å². The van der Waals surface area contributed by atoms with Gasteiger partial charge in [0.1, 0.15) is 17.8 Å². The van der Waals surface area contributed by atoms with Crippen molar-refractivity contribution in [1.29, 1.82) is 0 Å². The van der Waals surface area contributed by atoms with Crippen molar-refractivity contribution in [2.75, 3.05) is 14.2 Å². The molecule has 1 aromatic rings. The average molecular weight is 330 g/mol. The Bertz CT molecular complexity index is 564. The maximum Gasteiger partial charge on any atom is 0.126 e. The first-order valence-electron chi connectivity index (χ1n) is 9.01. The van der Waals surface area contributed by atoms with Gasteiger partial charge in [0.2, 0.25) is 0 Å². The van der Waals surface area contributed by atoms with E-state index in [-0.39, 0.29) is 11.8 Å². The molecule has 1 aliphatic rings. The van der Waals surface area contributed by atoms with Gasteiger partial charge in [-0.05, 0) is 50.3 Å². The van der Waals surface area contributed by atoms with Gasteiger partial charge < -0.3 is 14.3 Å². The van der Waals surface area contributed by atoms with Crippen molar-refractivity contribution in [1.82, 2.24) is 0 Å². The molecule has 1 aliphatic carbocycles. The molecule has 0 amide bonds. The minimum absolute atomic E-state index is 0.0116. The molecule has 0 spiro atoms. The van der Waals surface area contributed by atoms with Gasteiger partial charge in [0.15, 0.2) is 0 Å². The van der Waals surface area contributed by atoms with Crippen LogP contribution in [0.1, 0.15) is 63.0 Å². The molecule has 0 aromatic heterocycles. The second kappa shape index (κ2) is 8.91. The zero-order chi connectivity index (χ0) is 17.5. The molecule has 0 saturated carbocycles. The van der Waals surface area contributed by atoms with Crippen LogP contribution in [0, 0.1) is 5.92 Å². The van der Waals surface area contributed by atoms with Crippen LogP contribution < -0.4 is 9.47 Å². The SMILES string of the molecule is CCCCCc1cc(OC)c([C@H]2C=C(C)CC[C@H]2C=O)c(OC)c1. The molecule has 2 atom stereocenters. The smallest absolute Gasteiger partial charge is 0.126 e. The summed E-state index contributed by atoms with van der Waals surface area (Å²) < 4.78 is 11.4. The Morgan fingerprint density at radius 2 is 1.83 bits per heavy atom. The van der Waals surface area contributed by atoms with Crippen LogP contribution in [-0.4, -0.2) is 20.5 Å². The van der Waals surface area contributed by atoms with E-state index in [0.29, 0.717) is 0 Å². The Morgan fingerprint density at radius 1 is 1.17 bits per heavy atom. The molecule has 1 aromatic carbocycles. The van der Waals surface area contributed by atoms with E-state index in [4.69, 9.17) is 9.47 Å². The van der Waals surface area contributed by atoms with Crippen molar-refractivity contribution in [3.8, 4) is 11.5 Å².